The maximum atomic E-state index is 13.4. The minimum Gasteiger partial charge on any atom is -0.512 e. The second-order valence-electron chi connectivity index (χ2n) is 15.4. The van der Waals surface area contributed by atoms with Gasteiger partial charge in [0.05, 0.1) is 5.76 Å². The van der Waals surface area contributed by atoms with Crippen LogP contribution in [-0.4, -0.2) is 21.4 Å². The first kappa shape index (κ1) is 45.2. The van der Waals surface area contributed by atoms with E-state index in [-0.39, 0.29) is 71.0 Å². The maximum absolute atomic E-state index is 13.4. The molecule has 0 atom stereocenters. The minimum atomic E-state index is -4.40. The van der Waals surface area contributed by atoms with E-state index >= 15 is 0 Å². The average Bonchev–Trinajstić information content (AvgIpc) is 3.04. The van der Waals surface area contributed by atoms with Crippen molar-refractivity contribution in [3.8, 4) is 22.4 Å². The third-order valence-corrected chi connectivity index (χ3v) is 9.81. The monoisotopic (exact) mass is 911 g/mol. The number of carbonyl (C=O) groups excluding carboxylic acids is 1. The third-order valence-electron chi connectivity index (χ3n) is 9.03. The van der Waals surface area contributed by atoms with Crippen molar-refractivity contribution in [3.63, 3.8) is 0 Å². The van der Waals surface area contributed by atoms with Gasteiger partial charge in [-0.25, -0.2) is 0 Å². The normalized spacial score (nSPS) is 12.5. The van der Waals surface area contributed by atoms with Gasteiger partial charge in [-0.3, -0.25) is 9.78 Å². The number of aliphatic hydroxyl groups excluding tert-OH is 1. The average molecular weight is 911 g/mol. The number of thioether (sulfide) groups is 1. The van der Waals surface area contributed by atoms with E-state index in [0.717, 1.165) is 65.1 Å². The van der Waals surface area contributed by atoms with E-state index in [1.807, 2.05) is 70.2 Å². The number of pyridine rings is 1. The second kappa shape index (κ2) is 19.4. The van der Waals surface area contributed by atoms with Crippen LogP contribution in [-0.2, 0) is 36.7 Å². The van der Waals surface area contributed by atoms with Crippen LogP contribution in [0.15, 0.2) is 83.6 Å². The number of fused-ring (bicyclic) bond motifs is 1. The Kier molecular flexibility index (Phi) is 16.9. The summed E-state index contributed by atoms with van der Waals surface area (Å²) in [5.74, 6) is 0.547. The van der Waals surface area contributed by atoms with Crippen LogP contribution < -0.4 is 0 Å². The number of carbonyl (C=O) groups is 1. The van der Waals surface area contributed by atoms with Crippen LogP contribution in [0.1, 0.15) is 106 Å². The van der Waals surface area contributed by atoms with Crippen molar-refractivity contribution in [2.45, 2.75) is 117 Å². The fourth-order valence-corrected chi connectivity index (χ4v) is 6.85. The molecule has 0 saturated carbocycles. The van der Waals surface area contributed by atoms with Crippen LogP contribution in [0.3, 0.4) is 0 Å². The zero-order valence-electron chi connectivity index (χ0n) is 32.3. The number of benzene rings is 3. The van der Waals surface area contributed by atoms with Crippen LogP contribution in [0.4, 0.5) is 13.2 Å². The fourth-order valence-electron chi connectivity index (χ4n) is 6.20. The molecule has 52 heavy (non-hydrogen) atoms. The van der Waals surface area contributed by atoms with Gasteiger partial charge in [0.2, 0.25) is 0 Å². The molecule has 0 saturated heterocycles. The standard InChI is InChI=1S/C31H31F3NS.C13H24O2.Ir/c1-29(2,3)18-20-11-13-21(14-12-20)25-17-27(35-19-28(25)36-31(32,33)34)23-15-22-9-7-8-10-24(22)26(16-23)30(4,5)6;1-5-10(6-2)12(14)9-13(15)11(7-3)8-4;/h7-14,16-17,19H,18H2,1-6H3;9-11,14H,5-8H2,1-4H3;/q-1;;/b;12-9-;. The van der Waals surface area contributed by atoms with Gasteiger partial charge in [0.1, 0.15) is 0 Å². The quantitative estimate of drug-likeness (QED) is 0.0705. The predicted molar refractivity (Wildman–Crippen MR) is 209 cm³/mol. The van der Waals surface area contributed by atoms with E-state index in [4.69, 9.17) is 0 Å². The molecule has 3 nitrogen and oxygen atoms in total. The van der Waals surface area contributed by atoms with Gasteiger partial charge in [-0.1, -0.05) is 129 Å². The van der Waals surface area contributed by atoms with Crippen molar-refractivity contribution in [2.75, 3.05) is 0 Å². The van der Waals surface area contributed by atoms with Crippen LogP contribution in [0, 0.1) is 23.3 Å². The van der Waals surface area contributed by atoms with Gasteiger partial charge in [0.15, 0.2) is 5.78 Å². The van der Waals surface area contributed by atoms with Crippen molar-refractivity contribution in [2.24, 2.45) is 17.3 Å². The molecular formula is C44H55F3IrNO2S-. The smallest absolute Gasteiger partial charge is 0.446 e. The number of nitrogens with zero attached hydrogens (tertiary/aromatic N) is 1. The summed E-state index contributed by atoms with van der Waals surface area (Å²) in [5.41, 5.74) is 0.528. The summed E-state index contributed by atoms with van der Waals surface area (Å²) >= 11 is -0.122. The van der Waals surface area contributed by atoms with E-state index < -0.39 is 5.51 Å². The summed E-state index contributed by atoms with van der Waals surface area (Å²) in [7, 11) is 0. The van der Waals surface area contributed by atoms with Gasteiger partial charge >= 0.3 is 5.51 Å². The number of aromatic nitrogens is 1. The first-order chi connectivity index (χ1) is 23.8. The van der Waals surface area contributed by atoms with Gasteiger partial charge in [0.25, 0.3) is 0 Å². The summed E-state index contributed by atoms with van der Waals surface area (Å²) in [4.78, 5) is 16.3. The van der Waals surface area contributed by atoms with E-state index in [1.54, 1.807) is 6.07 Å². The number of halogens is 3. The molecule has 0 aliphatic heterocycles. The largest absolute Gasteiger partial charge is 0.512 e. The van der Waals surface area contributed by atoms with Crippen molar-refractivity contribution in [1.82, 2.24) is 4.98 Å². The molecule has 0 fully saturated rings. The topological polar surface area (TPSA) is 50.2 Å². The first-order valence-corrected chi connectivity index (χ1v) is 18.9. The minimum absolute atomic E-state index is 0. The summed E-state index contributed by atoms with van der Waals surface area (Å²) in [6, 6.07) is 23.2. The SMILES string of the molecule is CC(C)(C)Cc1ccc(-c2cc(-c3[c-]c4ccccc4c(C(C)(C)C)c3)ncc2SC(F)(F)F)cc1.CCC(CC)C(=O)/C=C(\O)C(CC)CC.[Ir]. The molecule has 1 aromatic heterocycles. The Bertz CT molecular complexity index is 1780. The zero-order chi connectivity index (χ0) is 38.1. The number of hydrogen-bond donors (Lipinski definition) is 1. The number of allylic oxidation sites excluding steroid dienone is 2. The van der Waals surface area contributed by atoms with Gasteiger partial charge in [-0.2, -0.15) is 13.2 Å². The third kappa shape index (κ3) is 13.2. The van der Waals surface area contributed by atoms with E-state index in [0.29, 0.717) is 11.3 Å². The molecule has 1 heterocycles. The van der Waals surface area contributed by atoms with Crippen LogP contribution in [0.25, 0.3) is 33.2 Å². The van der Waals surface area contributed by atoms with Crippen LogP contribution in [0.2, 0.25) is 0 Å². The molecule has 4 aromatic rings. The summed E-state index contributed by atoms with van der Waals surface area (Å²) in [6.45, 7) is 21.0. The van der Waals surface area contributed by atoms with Gasteiger partial charge < -0.3 is 5.11 Å². The Morgan fingerprint density at radius 1 is 0.865 bits per heavy atom. The Morgan fingerprint density at radius 2 is 1.44 bits per heavy atom. The van der Waals surface area contributed by atoms with Crippen molar-refractivity contribution in [3.05, 3.63) is 95.9 Å². The zero-order valence-corrected chi connectivity index (χ0v) is 35.5. The molecular weight excluding hydrogens is 856 g/mol. The van der Waals surface area contributed by atoms with Crippen molar-refractivity contribution >= 4 is 28.3 Å². The summed E-state index contributed by atoms with van der Waals surface area (Å²) < 4.78 is 40.2. The van der Waals surface area contributed by atoms with Crippen LogP contribution >= 0.6 is 11.8 Å². The molecule has 0 bridgehead atoms. The molecule has 0 amide bonds. The molecule has 0 unspecified atom stereocenters. The molecule has 285 valence electrons. The Balaban J connectivity index is 0.000000497. The Morgan fingerprint density at radius 3 is 1.96 bits per heavy atom. The molecule has 3 aromatic carbocycles. The molecule has 8 heteroatoms. The molecule has 0 aliphatic rings. The van der Waals surface area contributed by atoms with Crippen LogP contribution in [0.5, 0.6) is 0 Å². The number of hydrogen-bond acceptors (Lipinski definition) is 4. The van der Waals surface area contributed by atoms with Gasteiger partial charge in [0, 0.05) is 54.8 Å². The van der Waals surface area contributed by atoms with Crippen molar-refractivity contribution in [1.29, 1.82) is 0 Å². The predicted octanol–water partition coefficient (Wildman–Crippen LogP) is 13.7. The van der Waals surface area contributed by atoms with E-state index in [2.05, 4.69) is 64.7 Å². The second-order valence-corrected chi connectivity index (χ2v) is 16.5. The molecule has 0 aliphatic carbocycles. The fraction of sp³-hybridized carbons (Fsp3) is 0.455. The Hall–Kier alpha value is -2.93. The van der Waals surface area contributed by atoms with Gasteiger partial charge in [-0.15, -0.1) is 29.1 Å². The Labute approximate surface area is 327 Å². The maximum Gasteiger partial charge on any atom is 0.446 e. The number of aliphatic hydroxyl groups is 1. The van der Waals surface area contributed by atoms with E-state index in [9.17, 15) is 23.1 Å². The molecule has 4 rings (SSSR count). The van der Waals surface area contributed by atoms with E-state index in [1.165, 1.54) is 12.3 Å². The molecule has 1 N–H and O–H groups in total. The summed E-state index contributed by atoms with van der Waals surface area (Å²) in [6.07, 6.45) is 7.13. The van der Waals surface area contributed by atoms with Gasteiger partial charge in [-0.05, 0) is 71.4 Å². The number of ketones is 1. The van der Waals surface area contributed by atoms with Crippen molar-refractivity contribution < 1.29 is 43.2 Å². The number of alkyl halides is 3. The first-order valence-electron chi connectivity index (χ1n) is 18.1. The summed E-state index contributed by atoms with van der Waals surface area (Å²) in [5, 5.41) is 11.8. The molecule has 0 spiro atoms. The number of rotatable bonds is 11. The molecule has 1 radical (unpaired) electrons.